The van der Waals surface area contributed by atoms with Crippen LogP contribution in [0.25, 0.3) is 0 Å². The lowest BCUT2D eigenvalue weighted by Gasteiger charge is -2.26. The first-order valence-corrected chi connectivity index (χ1v) is 5.69. The minimum absolute atomic E-state index is 0.0568. The Labute approximate surface area is 90.8 Å². The monoisotopic (exact) mass is 212 g/mol. The predicted molar refractivity (Wildman–Crippen MR) is 58.2 cm³/mol. The molecule has 0 aromatic carbocycles. The van der Waals surface area contributed by atoms with Gasteiger partial charge < -0.3 is 5.73 Å². The van der Waals surface area contributed by atoms with Crippen LogP contribution in [0.1, 0.15) is 46.0 Å². The van der Waals surface area contributed by atoms with Crippen molar-refractivity contribution in [3.8, 4) is 0 Å². The maximum Gasteiger partial charge on any atom is 0.321 e. The van der Waals surface area contributed by atoms with Crippen molar-refractivity contribution in [2.24, 2.45) is 11.1 Å². The van der Waals surface area contributed by atoms with E-state index >= 15 is 0 Å². The highest BCUT2D eigenvalue weighted by Gasteiger charge is 2.46. The van der Waals surface area contributed by atoms with Gasteiger partial charge in [0.1, 0.15) is 0 Å². The molecule has 4 nitrogen and oxygen atoms in total. The Kier molecular flexibility index (Phi) is 3.72. The molecule has 0 aromatic heterocycles. The third kappa shape index (κ3) is 2.13. The van der Waals surface area contributed by atoms with E-state index in [-0.39, 0.29) is 11.3 Å². The van der Waals surface area contributed by atoms with Gasteiger partial charge in [-0.25, -0.2) is 4.79 Å². The Balaban J connectivity index is 2.83. The predicted octanol–water partition coefficient (Wildman–Crippen LogP) is 1.88. The topological polar surface area (TPSA) is 63.4 Å². The first-order valence-electron chi connectivity index (χ1n) is 5.69. The van der Waals surface area contributed by atoms with Gasteiger partial charge in [-0.05, 0) is 19.3 Å². The van der Waals surface area contributed by atoms with Gasteiger partial charge in [0.15, 0.2) is 0 Å². The lowest BCUT2D eigenvalue weighted by Crippen LogP contribution is -2.41. The third-order valence-corrected chi connectivity index (χ3v) is 3.24. The highest BCUT2D eigenvalue weighted by Crippen LogP contribution is 2.40. The molecule has 1 saturated heterocycles. The van der Waals surface area contributed by atoms with Crippen LogP contribution < -0.4 is 5.73 Å². The molecular weight excluding hydrogens is 192 g/mol. The summed E-state index contributed by atoms with van der Waals surface area (Å²) in [6.07, 6.45) is 4.44. The molecule has 3 amide bonds. The summed E-state index contributed by atoms with van der Waals surface area (Å²) in [4.78, 5) is 24.3. The largest absolute Gasteiger partial charge is 0.351 e. The number of imide groups is 1. The molecule has 0 saturated carbocycles. The van der Waals surface area contributed by atoms with E-state index in [9.17, 15) is 9.59 Å². The molecule has 1 heterocycles. The van der Waals surface area contributed by atoms with Crippen molar-refractivity contribution in [3.63, 3.8) is 0 Å². The fraction of sp³-hybridized carbons (Fsp3) is 0.818. The molecule has 0 aliphatic carbocycles. The van der Waals surface area contributed by atoms with Gasteiger partial charge in [0.25, 0.3) is 0 Å². The zero-order chi connectivity index (χ0) is 11.5. The Morgan fingerprint density at radius 2 is 1.93 bits per heavy atom. The number of primary amides is 1. The average Bonchev–Trinajstić information content (AvgIpc) is 2.46. The second-order valence-electron chi connectivity index (χ2n) is 4.33. The molecule has 15 heavy (non-hydrogen) atoms. The molecule has 0 aromatic rings. The van der Waals surface area contributed by atoms with Crippen LogP contribution in [0.5, 0.6) is 0 Å². The van der Waals surface area contributed by atoms with Gasteiger partial charge >= 0.3 is 6.03 Å². The summed E-state index contributed by atoms with van der Waals surface area (Å²) >= 11 is 0. The first kappa shape index (κ1) is 12.0. The lowest BCUT2D eigenvalue weighted by atomic mass is 9.78. The van der Waals surface area contributed by atoms with E-state index in [2.05, 4.69) is 13.8 Å². The van der Waals surface area contributed by atoms with Gasteiger partial charge in [0.2, 0.25) is 5.91 Å². The van der Waals surface area contributed by atoms with Crippen molar-refractivity contribution in [1.82, 2.24) is 4.90 Å². The number of amides is 3. The molecule has 0 bridgehead atoms. The minimum Gasteiger partial charge on any atom is -0.351 e. The van der Waals surface area contributed by atoms with Gasteiger partial charge in [0, 0.05) is 6.54 Å². The van der Waals surface area contributed by atoms with Crippen molar-refractivity contribution in [2.45, 2.75) is 46.0 Å². The Morgan fingerprint density at radius 1 is 1.40 bits per heavy atom. The van der Waals surface area contributed by atoms with Crippen LogP contribution in [0.3, 0.4) is 0 Å². The van der Waals surface area contributed by atoms with E-state index in [0.717, 1.165) is 32.1 Å². The Morgan fingerprint density at radius 3 is 2.27 bits per heavy atom. The molecule has 0 radical (unpaired) electrons. The van der Waals surface area contributed by atoms with Crippen molar-refractivity contribution >= 4 is 11.9 Å². The number of carbonyl (C=O) groups is 2. The molecular formula is C11H20N2O2. The van der Waals surface area contributed by atoms with E-state index in [1.165, 1.54) is 4.90 Å². The van der Waals surface area contributed by atoms with Gasteiger partial charge in [-0.1, -0.05) is 26.7 Å². The Bertz CT molecular complexity index is 257. The van der Waals surface area contributed by atoms with Crippen molar-refractivity contribution < 1.29 is 9.59 Å². The molecule has 86 valence electrons. The fourth-order valence-corrected chi connectivity index (χ4v) is 2.58. The summed E-state index contributed by atoms with van der Waals surface area (Å²) in [6.45, 7) is 4.63. The fourth-order valence-electron chi connectivity index (χ4n) is 2.58. The van der Waals surface area contributed by atoms with Crippen LogP contribution in [0.4, 0.5) is 4.79 Å². The van der Waals surface area contributed by atoms with Gasteiger partial charge in [-0.15, -0.1) is 0 Å². The summed E-state index contributed by atoms with van der Waals surface area (Å²) < 4.78 is 0. The summed E-state index contributed by atoms with van der Waals surface area (Å²) in [7, 11) is 0. The maximum atomic E-state index is 12.1. The summed E-state index contributed by atoms with van der Waals surface area (Å²) in [6, 6.07) is -0.603. The number of hydrogen-bond acceptors (Lipinski definition) is 2. The van der Waals surface area contributed by atoms with Crippen LogP contribution >= 0.6 is 0 Å². The molecule has 0 unspecified atom stereocenters. The second kappa shape index (κ2) is 4.64. The SMILES string of the molecule is CCCC1(CCC)CCN(C(N)=O)C1=O. The number of nitrogens with zero attached hydrogens (tertiary/aromatic N) is 1. The number of likely N-dealkylation sites (tertiary alicyclic amines) is 1. The van der Waals surface area contributed by atoms with Crippen LogP contribution in [0, 0.1) is 5.41 Å². The van der Waals surface area contributed by atoms with Crippen LogP contribution in [-0.4, -0.2) is 23.4 Å². The van der Waals surface area contributed by atoms with E-state index < -0.39 is 6.03 Å². The molecule has 2 N–H and O–H groups in total. The average molecular weight is 212 g/mol. The number of hydrogen-bond donors (Lipinski definition) is 1. The van der Waals surface area contributed by atoms with Gasteiger partial charge in [-0.2, -0.15) is 0 Å². The molecule has 1 rings (SSSR count). The van der Waals surface area contributed by atoms with E-state index in [1.807, 2.05) is 0 Å². The molecule has 4 heteroatoms. The van der Waals surface area contributed by atoms with Gasteiger partial charge in [-0.3, -0.25) is 9.69 Å². The van der Waals surface area contributed by atoms with Crippen LogP contribution in [0.2, 0.25) is 0 Å². The number of rotatable bonds is 4. The zero-order valence-corrected chi connectivity index (χ0v) is 9.58. The molecule has 1 aliphatic heterocycles. The molecule has 1 fully saturated rings. The van der Waals surface area contributed by atoms with Crippen LogP contribution in [-0.2, 0) is 4.79 Å². The van der Waals surface area contributed by atoms with Crippen LogP contribution in [0.15, 0.2) is 0 Å². The smallest absolute Gasteiger partial charge is 0.321 e. The van der Waals surface area contributed by atoms with Crippen molar-refractivity contribution in [2.75, 3.05) is 6.54 Å². The normalized spacial score (nSPS) is 19.6. The number of carbonyl (C=O) groups excluding carboxylic acids is 2. The molecule has 0 spiro atoms. The number of nitrogens with two attached hydrogens (primary N) is 1. The van der Waals surface area contributed by atoms with E-state index in [0.29, 0.717) is 6.54 Å². The third-order valence-electron chi connectivity index (χ3n) is 3.24. The Hall–Kier alpha value is -1.06. The molecule has 1 aliphatic rings. The summed E-state index contributed by atoms with van der Waals surface area (Å²) in [5.74, 6) is -0.0568. The van der Waals surface area contributed by atoms with Crippen molar-refractivity contribution in [1.29, 1.82) is 0 Å². The highest BCUT2D eigenvalue weighted by molar-refractivity contribution is 5.98. The molecule has 0 atom stereocenters. The maximum absolute atomic E-state index is 12.1. The standard InChI is InChI=1S/C11H20N2O2/c1-3-5-11(6-4-2)7-8-13(9(11)14)10(12)15/h3-8H2,1-2H3,(H2,12,15). The highest BCUT2D eigenvalue weighted by atomic mass is 16.2. The van der Waals surface area contributed by atoms with E-state index in [1.54, 1.807) is 0 Å². The summed E-state index contributed by atoms with van der Waals surface area (Å²) in [5.41, 5.74) is 4.86. The van der Waals surface area contributed by atoms with E-state index in [4.69, 9.17) is 5.73 Å². The zero-order valence-electron chi connectivity index (χ0n) is 9.58. The van der Waals surface area contributed by atoms with Crippen molar-refractivity contribution in [3.05, 3.63) is 0 Å². The second-order valence-corrected chi connectivity index (χ2v) is 4.33. The minimum atomic E-state index is -0.603. The lowest BCUT2D eigenvalue weighted by molar-refractivity contribution is -0.134. The first-order chi connectivity index (χ1) is 7.07. The number of urea groups is 1. The van der Waals surface area contributed by atoms with Gasteiger partial charge in [0.05, 0.1) is 5.41 Å². The summed E-state index contributed by atoms with van der Waals surface area (Å²) in [5, 5.41) is 0. The quantitative estimate of drug-likeness (QED) is 0.773.